The molecule has 0 aliphatic heterocycles. The Morgan fingerprint density at radius 3 is 2.88 bits per heavy atom. The Hall–Kier alpha value is -0.450. The van der Waals surface area contributed by atoms with Gasteiger partial charge in [-0.05, 0) is 25.0 Å². The minimum absolute atomic E-state index is 0.313. The standard InChI is InChI=1S/C13H22N2OS/c14-15-11(9-12-5-4-8-16-12)10-17-13-6-2-1-3-7-13/h4-5,8,11,13,15H,1-3,6-7,9-10,14H2. The molecule has 0 saturated heterocycles. The van der Waals surface area contributed by atoms with E-state index in [9.17, 15) is 0 Å². The number of rotatable bonds is 6. The molecule has 96 valence electrons. The zero-order valence-corrected chi connectivity index (χ0v) is 11.0. The number of hydrogen-bond donors (Lipinski definition) is 2. The Labute approximate surface area is 107 Å². The van der Waals surface area contributed by atoms with Crippen molar-refractivity contribution < 1.29 is 4.42 Å². The molecule has 17 heavy (non-hydrogen) atoms. The summed E-state index contributed by atoms with van der Waals surface area (Å²) in [5.74, 6) is 7.68. The number of nitrogens with one attached hydrogen (secondary N) is 1. The van der Waals surface area contributed by atoms with E-state index in [1.807, 2.05) is 12.1 Å². The second kappa shape index (κ2) is 7.09. The minimum Gasteiger partial charge on any atom is -0.469 e. The molecule has 3 N–H and O–H groups in total. The van der Waals surface area contributed by atoms with Crippen molar-refractivity contribution in [2.75, 3.05) is 5.75 Å². The van der Waals surface area contributed by atoms with E-state index in [4.69, 9.17) is 10.3 Å². The number of furan rings is 1. The largest absolute Gasteiger partial charge is 0.469 e. The van der Waals surface area contributed by atoms with Crippen LogP contribution in [0.25, 0.3) is 0 Å². The molecular weight excluding hydrogens is 232 g/mol. The predicted molar refractivity (Wildman–Crippen MR) is 72.9 cm³/mol. The van der Waals surface area contributed by atoms with Crippen LogP contribution in [0.5, 0.6) is 0 Å². The molecule has 2 rings (SSSR count). The van der Waals surface area contributed by atoms with Gasteiger partial charge in [0.1, 0.15) is 5.76 Å². The van der Waals surface area contributed by atoms with Gasteiger partial charge in [-0.3, -0.25) is 11.3 Å². The molecule has 4 heteroatoms. The summed E-state index contributed by atoms with van der Waals surface area (Å²) in [7, 11) is 0. The molecular formula is C13H22N2OS. The molecule has 1 aliphatic rings. The van der Waals surface area contributed by atoms with Crippen LogP contribution in [-0.4, -0.2) is 17.0 Å². The lowest BCUT2D eigenvalue weighted by atomic mass is 10.0. The molecule has 1 aliphatic carbocycles. The predicted octanol–water partition coefficient (Wildman–Crippen LogP) is 2.72. The van der Waals surface area contributed by atoms with Crippen LogP contribution in [0.3, 0.4) is 0 Å². The zero-order chi connectivity index (χ0) is 11.9. The number of thioether (sulfide) groups is 1. The smallest absolute Gasteiger partial charge is 0.105 e. The van der Waals surface area contributed by atoms with Gasteiger partial charge >= 0.3 is 0 Å². The van der Waals surface area contributed by atoms with Crippen LogP contribution < -0.4 is 11.3 Å². The van der Waals surface area contributed by atoms with Gasteiger partial charge in [-0.1, -0.05) is 19.3 Å². The summed E-state index contributed by atoms with van der Waals surface area (Å²) in [6, 6.07) is 4.25. The summed E-state index contributed by atoms with van der Waals surface area (Å²) in [5, 5.41) is 0.844. The highest BCUT2D eigenvalue weighted by atomic mass is 32.2. The molecule has 0 aromatic carbocycles. The van der Waals surface area contributed by atoms with Gasteiger partial charge in [0.2, 0.25) is 0 Å². The zero-order valence-electron chi connectivity index (χ0n) is 10.2. The first-order valence-electron chi connectivity index (χ1n) is 6.48. The maximum Gasteiger partial charge on any atom is 0.105 e. The Kier molecular flexibility index (Phi) is 5.42. The molecule has 1 aromatic rings. The van der Waals surface area contributed by atoms with Gasteiger partial charge in [0.15, 0.2) is 0 Å². The molecule has 1 heterocycles. The van der Waals surface area contributed by atoms with Crippen LogP contribution in [0, 0.1) is 0 Å². The highest BCUT2D eigenvalue weighted by Crippen LogP contribution is 2.28. The number of hydrazine groups is 1. The molecule has 3 nitrogen and oxygen atoms in total. The lowest BCUT2D eigenvalue weighted by Crippen LogP contribution is -2.39. The molecule has 1 fully saturated rings. The minimum atomic E-state index is 0.313. The maximum atomic E-state index is 5.60. The van der Waals surface area contributed by atoms with Gasteiger partial charge in [0.25, 0.3) is 0 Å². The van der Waals surface area contributed by atoms with Crippen molar-refractivity contribution in [1.82, 2.24) is 5.43 Å². The van der Waals surface area contributed by atoms with Gasteiger partial charge in [0.05, 0.1) is 6.26 Å². The van der Waals surface area contributed by atoms with Crippen LogP contribution in [0.1, 0.15) is 37.9 Å². The molecule has 1 atom stereocenters. The monoisotopic (exact) mass is 254 g/mol. The number of nitrogens with two attached hydrogens (primary N) is 1. The number of hydrogen-bond acceptors (Lipinski definition) is 4. The van der Waals surface area contributed by atoms with Gasteiger partial charge in [-0.2, -0.15) is 11.8 Å². The Morgan fingerprint density at radius 2 is 2.24 bits per heavy atom. The molecule has 0 amide bonds. The lowest BCUT2D eigenvalue weighted by Gasteiger charge is -2.23. The summed E-state index contributed by atoms with van der Waals surface area (Å²) in [6.45, 7) is 0. The first kappa shape index (κ1) is 13.0. The quantitative estimate of drug-likeness (QED) is 0.605. The molecule has 0 radical (unpaired) electrons. The van der Waals surface area contributed by atoms with E-state index in [0.29, 0.717) is 6.04 Å². The average molecular weight is 254 g/mol. The molecule has 0 bridgehead atoms. The third kappa shape index (κ3) is 4.37. The molecule has 1 aromatic heterocycles. The van der Waals surface area contributed by atoms with Crippen LogP contribution in [-0.2, 0) is 6.42 Å². The first-order chi connectivity index (χ1) is 8.38. The first-order valence-corrected chi connectivity index (χ1v) is 7.53. The van der Waals surface area contributed by atoms with Gasteiger partial charge in [-0.25, -0.2) is 0 Å². The Balaban J connectivity index is 1.71. The van der Waals surface area contributed by atoms with E-state index in [2.05, 4.69) is 17.2 Å². The van der Waals surface area contributed by atoms with Gasteiger partial charge in [0, 0.05) is 23.5 Å². The second-order valence-electron chi connectivity index (χ2n) is 4.74. The SMILES string of the molecule is NNC(CSC1CCCCC1)Cc1ccco1. The average Bonchev–Trinajstić information content (AvgIpc) is 2.88. The van der Waals surface area contributed by atoms with E-state index in [-0.39, 0.29) is 0 Å². The van der Waals surface area contributed by atoms with Crippen molar-refractivity contribution in [3.63, 3.8) is 0 Å². The highest BCUT2D eigenvalue weighted by Gasteiger charge is 2.16. The Morgan fingerprint density at radius 1 is 1.41 bits per heavy atom. The maximum absolute atomic E-state index is 5.60. The van der Waals surface area contributed by atoms with Crippen molar-refractivity contribution in [1.29, 1.82) is 0 Å². The second-order valence-corrected chi connectivity index (χ2v) is 6.07. The fraction of sp³-hybridized carbons (Fsp3) is 0.692. The van der Waals surface area contributed by atoms with E-state index in [0.717, 1.165) is 23.2 Å². The molecule has 0 spiro atoms. The van der Waals surface area contributed by atoms with Crippen LogP contribution in [0.2, 0.25) is 0 Å². The summed E-state index contributed by atoms with van der Waals surface area (Å²) < 4.78 is 5.35. The third-order valence-electron chi connectivity index (χ3n) is 3.35. The van der Waals surface area contributed by atoms with Gasteiger partial charge < -0.3 is 4.42 Å². The summed E-state index contributed by atoms with van der Waals surface area (Å²) >= 11 is 2.07. The van der Waals surface area contributed by atoms with Gasteiger partial charge in [-0.15, -0.1) is 0 Å². The molecule has 1 unspecified atom stereocenters. The van der Waals surface area contributed by atoms with Crippen molar-refractivity contribution in [2.45, 2.75) is 49.8 Å². The van der Waals surface area contributed by atoms with Crippen molar-refractivity contribution >= 4 is 11.8 Å². The van der Waals surface area contributed by atoms with Crippen LogP contribution in [0.15, 0.2) is 22.8 Å². The van der Waals surface area contributed by atoms with E-state index in [1.54, 1.807) is 6.26 Å². The fourth-order valence-corrected chi connectivity index (χ4v) is 3.71. The normalized spacial score (nSPS) is 19.4. The summed E-state index contributed by atoms with van der Waals surface area (Å²) in [4.78, 5) is 0. The lowest BCUT2D eigenvalue weighted by molar-refractivity contribution is 0.464. The van der Waals surface area contributed by atoms with E-state index >= 15 is 0 Å². The van der Waals surface area contributed by atoms with Crippen molar-refractivity contribution in [2.24, 2.45) is 5.84 Å². The van der Waals surface area contributed by atoms with Crippen LogP contribution >= 0.6 is 11.8 Å². The summed E-state index contributed by atoms with van der Waals surface area (Å²) in [6.07, 6.45) is 9.57. The third-order valence-corrected chi connectivity index (χ3v) is 4.89. The van der Waals surface area contributed by atoms with Crippen molar-refractivity contribution in [3.8, 4) is 0 Å². The van der Waals surface area contributed by atoms with Crippen LogP contribution in [0.4, 0.5) is 0 Å². The highest BCUT2D eigenvalue weighted by molar-refractivity contribution is 7.99. The van der Waals surface area contributed by atoms with Crippen molar-refractivity contribution in [3.05, 3.63) is 24.2 Å². The fourth-order valence-electron chi connectivity index (χ4n) is 2.32. The summed E-state index contributed by atoms with van der Waals surface area (Å²) in [5.41, 5.74) is 2.90. The molecule has 1 saturated carbocycles. The topological polar surface area (TPSA) is 51.2 Å². The Bertz CT molecular complexity index is 296. The van der Waals surface area contributed by atoms with E-state index in [1.165, 1.54) is 32.1 Å². The van der Waals surface area contributed by atoms with E-state index < -0.39 is 0 Å².